The van der Waals surface area contributed by atoms with E-state index in [2.05, 4.69) is 25.3 Å². The van der Waals surface area contributed by atoms with Gasteiger partial charge >= 0.3 is 6.01 Å². The van der Waals surface area contributed by atoms with E-state index in [0.717, 1.165) is 18.9 Å². The molecule has 7 nitrogen and oxygen atoms in total. The molecule has 0 saturated heterocycles. The Bertz CT molecular complexity index is 435. The summed E-state index contributed by atoms with van der Waals surface area (Å²) in [5, 5.41) is 0. The van der Waals surface area contributed by atoms with Crippen LogP contribution in [-0.2, 0) is 0 Å². The van der Waals surface area contributed by atoms with Crippen molar-refractivity contribution in [1.82, 2.24) is 15.0 Å². The quantitative estimate of drug-likeness (QED) is 0.587. The van der Waals surface area contributed by atoms with E-state index in [1.165, 1.54) is 32.1 Å². The van der Waals surface area contributed by atoms with Crippen molar-refractivity contribution < 1.29 is 4.74 Å². The molecular weight excluding hydrogens is 268 g/mol. The molecule has 118 valence electrons. The molecule has 0 radical (unpaired) electrons. The maximum absolute atomic E-state index is 5.49. The molecule has 0 unspecified atom stereocenters. The molecule has 3 N–H and O–H groups in total. The van der Waals surface area contributed by atoms with Gasteiger partial charge < -0.3 is 9.64 Å². The summed E-state index contributed by atoms with van der Waals surface area (Å²) >= 11 is 0. The predicted molar refractivity (Wildman–Crippen MR) is 83.3 cm³/mol. The minimum Gasteiger partial charge on any atom is -0.463 e. The number of hydrogen-bond acceptors (Lipinski definition) is 7. The second-order valence-electron chi connectivity index (χ2n) is 5.62. The second-order valence-corrected chi connectivity index (χ2v) is 5.62. The van der Waals surface area contributed by atoms with E-state index < -0.39 is 0 Å². The van der Waals surface area contributed by atoms with Gasteiger partial charge in [-0.05, 0) is 25.2 Å². The zero-order valence-electron chi connectivity index (χ0n) is 13.0. The Hall–Kier alpha value is -1.63. The highest BCUT2D eigenvalue weighted by atomic mass is 16.5. The highest BCUT2D eigenvalue weighted by Crippen LogP contribution is 2.25. The maximum atomic E-state index is 5.49. The molecule has 0 aromatic carbocycles. The van der Waals surface area contributed by atoms with E-state index in [9.17, 15) is 0 Å². The number of nitrogens with two attached hydrogens (primary N) is 1. The summed E-state index contributed by atoms with van der Waals surface area (Å²) < 4.78 is 5.49. The van der Waals surface area contributed by atoms with Gasteiger partial charge in [-0.2, -0.15) is 15.0 Å². The number of ether oxygens (including phenoxy) is 1. The Kier molecular flexibility index (Phi) is 5.98. The van der Waals surface area contributed by atoms with E-state index >= 15 is 0 Å². The summed E-state index contributed by atoms with van der Waals surface area (Å²) in [5.41, 5.74) is 2.47. The van der Waals surface area contributed by atoms with Crippen molar-refractivity contribution >= 4 is 11.9 Å². The van der Waals surface area contributed by atoms with Gasteiger partial charge in [-0.15, -0.1) is 0 Å². The van der Waals surface area contributed by atoms with Gasteiger partial charge in [-0.25, -0.2) is 5.84 Å². The smallest absolute Gasteiger partial charge is 0.323 e. The van der Waals surface area contributed by atoms with Crippen molar-refractivity contribution in [2.45, 2.75) is 45.4 Å². The molecule has 1 aliphatic rings. The predicted octanol–water partition coefficient (Wildman–Crippen LogP) is 1.96. The minimum absolute atomic E-state index is 0.324. The molecule has 0 atom stereocenters. The van der Waals surface area contributed by atoms with Gasteiger partial charge in [0.05, 0.1) is 6.61 Å². The highest BCUT2D eigenvalue weighted by molar-refractivity contribution is 5.37. The highest BCUT2D eigenvalue weighted by Gasteiger charge is 2.18. The molecule has 0 aliphatic heterocycles. The summed E-state index contributed by atoms with van der Waals surface area (Å²) in [6, 6.07) is 0.324. The van der Waals surface area contributed by atoms with E-state index in [0.29, 0.717) is 24.5 Å². The minimum atomic E-state index is 0.324. The second kappa shape index (κ2) is 7.97. The first-order valence-corrected chi connectivity index (χ1v) is 7.79. The van der Waals surface area contributed by atoms with Crippen LogP contribution in [-0.4, -0.2) is 35.2 Å². The van der Waals surface area contributed by atoms with E-state index in [1.54, 1.807) is 0 Å². The summed E-state index contributed by atoms with van der Waals surface area (Å²) in [6.45, 7) is 3.58. The average Bonchev–Trinajstić information content (AvgIpc) is 2.53. The lowest BCUT2D eigenvalue weighted by Gasteiger charge is -2.27. The fourth-order valence-corrected chi connectivity index (χ4v) is 2.68. The molecule has 1 aliphatic carbocycles. The number of hydrazine groups is 1. The van der Waals surface area contributed by atoms with Crippen LogP contribution in [0.3, 0.4) is 0 Å². The van der Waals surface area contributed by atoms with Crippen LogP contribution in [0, 0.1) is 5.92 Å². The van der Waals surface area contributed by atoms with Gasteiger partial charge in [0.1, 0.15) is 0 Å². The molecule has 1 fully saturated rings. The average molecular weight is 294 g/mol. The third-order valence-electron chi connectivity index (χ3n) is 3.77. The van der Waals surface area contributed by atoms with Crippen LogP contribution in [0.15, 0.2) is 0 Å². The normalized spacial score (nSPS) is 15.8. The number of aromatic nitrogens is 3. The standard InChI is InChI=1S/C14H26N6O/c1-3-9-21-14-17-12(19-15)16-13(18-14)20(2)10-11-7-5-4-6-8-11/h11H,3-10,15H2,1-2H3,(H,16,17,18,19). The van der Waals surface area contributed by atoms with Gasteiger partial charge in [-0.1, -0.05) is 26.2 Å². The third kappa shape index (κ3) is 4.70. The SMILES string of the molecule is CCCOc1nc(NN)nc(N(C)CC2CCCCC2)n1. The van der Waals surface area contributed by atoms with Gasteiger partial charge in [0, 0.05) is 13.6 Å². The number of hydrogen-bond donors (Lipinski definition) is 2. The molecular formula is C14H26N6O. The molecule has 0 bridgehead atoms. The van der Waals surface area contributed by atoms with Crippen LogP contribution in [0.1, 0.15) is 45.4 Å². The lowest BCUT2D eigenvalue weighted by atomic mass is 9.89. The van der Waals surface area contributed by atoms with Crippen LogP contribution < -0.4 is 20.9 Å². The molecule has 0 amide bonds. The number of nitrogens with zero attached hydrogens (tertiary/aromatic N) is 4. The van der Waals surface area contributed by atoms with Crippen molar-refractivity contribution in [2.75, 3.05) is 30.5 Å². The van der Waals surface area contributed by atoms with Crippen LogP contribution in [0.5, 0.6) is 6.01 Å². The summed E-state index contributed by atoms with van der Waals surface area (Å²) in [6.07, 6.45) is 7.51. The molecule has 1 saturated carbocycles. The first kappa shape index (κ1) is 15.8. The first-order chi connectivity index (χ1) is 10.2. The van der Waals surface area contributed by atoms with Crippen LogP contribution >= 0.6 is 0 Å². The fraction of sp³-hybridized carbons (Fsp3) is 0.786. The molecule has 1 aromatic rings. The number of nitrogen functional groups attached to an aromatic ring is 1. The Balaban J connectivity index is 2.05. The maximum Gasteiger partial charge on any atom is 0.323 e. The lowest BCUT2D eigenvalue weighted by Crippen LogP contribution is -2.29. The van der Waals surface area contributed by atoms with Gasteiger partial charge in [0.25, 0.3) is 0 Å². The van der Waals surface area contributed by atoms with Crippen molar-refractivity contribution in [3.05, 3.63) is 0 Å². The molecule has 21 heavy (non-hydrogen) atoms. The van der Waals surface area contributed by atoms with Crippen molar-refractivity contribution in [1.29, 1.82) is 0 Å². The third-order valence-corrected chi connectivity index (χ3v) is 3.77. The summed E-state index contributed by atoms with van der Waals surface area (Å²) in [4.78, 5) is 14.9. The van der Waals surface area contributed by atoms with Crippen LogP contribution in [0.25, 0.3) is 0 Å². The molecule has 2 rings (SSSR count). The zero-order chi connectivity index (χ0) is 15.1. The number of nitrogens with one attached hydrogen (secondary N) is 1. The number of anilines is 2. The van der Waals surface area contributed by atoms with E-state index in [1.807, 2.05) is 14.0 Å². The molecule has 1 aromatic heterocycles. The Morgan fingerprint density at radius 2 is 2.00 bits per heavy atom. The number of rotatable bonds is 7. The van der Waals surface area contributed by atoms with Crippen molar-refractivity contribution in [3.63, 3.8) is 0 Å². The van der Waals surface area contributed by atoms with Crippen molar-refractivity contribution in [2.24, 2.45) is 11.8 Å². The lowest BCUT2D eigenvalue weighted by molar-refractivity contribution is 0.291. The topological polar surface area (TPSA) is 89.2 Å². The monoisotopic (exact) mass is 294 g/mol. The summed E-state index contributed by atoms with van der Waals surface area (Å²) in [5.74, 6) is 7.08. The van der Waals surface area contributed by atoms with Gasteiger partial charge in [0.15, 0.2) is 0 Å². The van der Waals surface area contributed by atoms with E-state index in [-0.39, 0.29) is 0 Å². The molecule has 0 spiro atoms. The first-order valence-electron chi connectivity index (χ1n) is 7.79. The fourth-order valence-electron chi connectivity index (χ4n) is 2.68. The van der Waals surface area contributed by atoms with Crippen LogP contribution in [0.2, 0.25) is 0 Å². The van der Waals surface area contributed by atoms with Crippen LogP contribution in [0.4, 0.5) is 11.9 Å². The largest absolute Gasteiger partial charge is 0.463 e. The molecule has 7 heteroatoms. The zero-order valence-corrected chi connectivity index (χ0v) is 13.0. The van der Waals surface area contributed by atoms with Gasteiger partial charge in [-0.3, -0.25) is 5.43 Å². The summed E-state index contributed by atoms with van der Waals surface area (Å²) in [7, 11) is 2.01. The molecule has 1 heterocycles. The van der Waals surface area contributed by atoms with Crippen molar-refractivity contribution in [3.8, 4) is 6.01 Å². The Morgan fingerprint density at radius 1 is 1.24 bits per heavy atom. The van der Waals surface area contributed by atoms with E-state index in [4.69, 9.17) is 10.6 Å². The van der Waals surface area contributed by atoms with Gasteiger partial charge in [0.2, 0.25) is 11.9 Å². The Morgan fingerprint density at radius 3 is 2.67 bits per heavy atom. The Labute approximate surface area is 126 Å².